The molecular weight excluding hydrogens is 501 g/mol. The number of nitrogens with one attached hydrogen (secondary N) is 1. The molecule has 0 spiro atoms. The molecule has 7 nitrogen and oxygen atoms in total. The van der Waals surface area contributed by atoms with E-state index in [0.717, 1.165) is 15.0 Å². The van der Waals surface area contributed by atoms with Crippen molar-refractivity contribution in [2.75, 3.05) is 17.1 Å². The van der Waals surface area contributed by atoms with Crippen molar-refractivity contribution in [1.29, 1.82) is 0 Å². The van der Waals surface area contributed by atoms with Gasteiger partial charge in [-0.05, 0) is 51.1 Å². The molecule has 1 atom stereocenters. The zero-order valence-electron chi connectivity index (χ0n) is 18.4. The Kier molecular flexibility index (Phi) is 8.80. The smallest absolute Gasteiger partial charge is 0.244 e. The zero-order chi connectivity index (χ0) is 24.1. The Bertz CT molecular complexity index is 1060. The second kappa shape index (κ2) is 10.9. The SMILES string of the molecule is CC(C)NC(=O)C(C)N(Cc1ccccc1F)C(=O)CN(c1ccc(Br)cc1)S(C)(=O)=O. The number of benzene rings is 2. The van der Waals surface area contributed by atoms with Crippen LogP contribution in [-0.2, 0) is 26.2 Å². The number of hydrogen-bond acceptors (Lipinski definition) is 4. The normalized spacial score (nSPS) is 12.3. The maximum atomic E-state index is 14.3. The molecule has 32 heavy (non-hydrogen) atoms. The molecule has 2 aromatic carbocycles. The average molecular weight is 528 g/mol. The Labute approximate surface area is 196 Å². The lowest BCUT2D eigenvalue weighted by atomic mass is 10.1. The summed E-state index contributed by atoms with van der Waals surface area (Å²) in [4.78, 5) is 27.1. The Morgan fingerprint density at radius 1 is 1.06 bits per heavy atom. The minimum absolute atomic E-state index is 0.161. The van der Waals surface area contributed by atoms with Gasteiger partial charge in [0.15, 0.2) is 0 Å². The summed E-state index contributed by atoms with van der Waals surface area (Å²) in [7, 11) is -3.81. The molecule has 0 saturated carbocycles. The number of anilines is 1. The van der Waals surface area contributed by atoms with E-state index in [9.17, 15) is 22.4 Å². The molecule has 1 unspecified atom stereocenters. The van der Waals surface area contributed by atoms with E-state index in [1.807, 2.05) is 0 Å². The highest BCUT2D eigenvalue weighted by Gasteiger charge is 2.30. The molecule has 10 heteroatoms. The predicted octanol–water partition coefficient (Wildman–Crippen LogP) is 3.30. The standard InChI is InChI=1S/C22H27BrFN3O4S/c1-15(2)25-22(29)16(3)26(13-17-7-5-6-8-20(17)24)21(28)14-27(32(4,30)31)19-11-9-18(23)10-12-19/h5-12,15-16H,13-14H2,1-4H3,(H,25,29). The van der Waals surface area contributed by atoms with Gasteiger partial charge in [-0.25, -0.2) is 12.8 Å². The zero-order valence-corrected chi connectivity index (χ0v) is 20.8. The fraction of sp³-hybridized carbons (Fsp3) is 0.364. The molecule has 174 valence electrons. The monoisotopic (exact) mass is 527 g/mol. The van der Waals surface area contributed by atoms with Crippen LogP contribution in [0.4, 0.5) is 10.1 Å². The van der Waals surface area contributed by atoms with E-state index in [0.29, 0.717) is 5.69 Å². The molecule has 0 aromatic heterocycles. The fourth-order valence-electron chi connectivity index (χ4n) is 3.02. The second-order valence-corrected chi connectivity index (χ2v) is 10.5. The molecule has 0 aliphatic rings. The van der Waals surface area contributed by atoms with Gasteiger partial charge in [-0.15, -0.1) is 0 Å². The van der Waals surface area contributed by atoms with Crippen molar-refractivity contribution in [2.45, 2.75) is 39.4 Å². The summed E-state index contributed by atoms with van der Waals surface area (Å²) in [6.07, 6.45) is 0.998. The van der Waals surface area contributed by atoms with E-state index in [1.165, 1.54) is 30.0 Å². The van der Waals surface area contributed by atoms with Crippen LogP contribution >= 0.6 is 15.9 Å². The number of amides is 2. The molecule has 0 aliphatic carbocycles. The van der Waals surface area contributed by atoms with Gasteiger partial charge in [0.1, 0.15) is 18.4 Å². The summed E-state index contributed by atoms with van der Waals surface area (Å²) in [5.41, 5.74) is 0.522. The number of carbonyl (C=O) groups is 2. The van der Waals surface area contributed by atoms with Crippen LogP contribution in [-0.4, -0.2) is 50.0 Å². The average Bonchev–Trinajstić information content (AvgIpc) is 2.70. The highest BCUT2D eigenvalue weighted by Crippen LogP contribution is 2.22. The van der Waals surface area contributed by atoms with Crippen LogP contribution in [0.25, 0.3) is 0 Å². The van der Waals surface area contributed by atoms with Crippen molar-refractivity contribution < 1.29 is 22.4 Å². The van der Waals surface area contributed by atoms with Crippen LogP contribution in [0.1, 0.15) is 26.3 Å². The first-order chi connectivity index (χ1) is 14.9. The van der Waals surface area contributed by atoms with Crippen molar-refractivity contribution in [3.8, 4) is 0 Å². The molecule has 0 fully saturated rings. The summed E-state index contributed by atoms with van der Waals surface area (Å²) in [6.45, 7) is 4.38. The Balaban J connectivity index is 2.39. The number of rotatable bonds is 9. The van der Waals surface area contributed by atoms with E-state index in [-0.39, 0.29) is 18.2 Å². The van der Waals surface area contributed by atoms with Gasteiger partial charge in [0.25, 0.3) is 0 Å². The molecule has 0 heterocycles. The number of nitrogens with zero attached hydrogens (tertiary/aromatic N) is 2. The topological polar surface area (TPSA) is 86.8 Å². The number of hydrogen-bond donors (Lipinski definition) is 1. The first kappa shape index (κ1) is 25.8. The molecule has 2 rings (SSSR count). The number of halogens is 2. The van der Waals surface area contributed by atoms with Gasteiger partial charge in [-0.2, -0.15) is 0 Å². The van der Waals surface area contributed by atoms with Crippen molar-refractivity contribution in [3.63, 3.8) is 0 Å². The quantitative estimate of drug-likeness (QED) is 0.542. The van der Waals surface area contributed by atoms with E-state index < -0.39 is 40.2 Å². The minimum Gasteiger partial charge on any atom is -0.352 e. The molecule has 2 aromatic rings. The van der Waals surface area contributed by atoms with Crippen LogP contribution in [0.3, 0.4) is 0 Å². The van der Waals surface area contributed by atoms with Gasteiger partial charge in [0.2, 0.25) is 21.8 Å². The van der Waals surface area contributed by atoms with E-state index >= 15 is 0 Å². The van der Waals surface area contributed by atoms with Gasteiger partial charge in [0, 0.05) is 22.6 Å². The number of sulfonamides is 1. The molecule has 1 N–H and O–H groups in total. The largest absolute Gasteiger partial charge is 0.352 e. The molecule has 0 bridgehead atoms. The van der Waals surface area contributed by atoms with Crippen molar-refractivity contribution in [3.05, 3.63) is 64.4 Å². The van der Waals surface area contributed by atoms with Crippen LogP contribution < -0.4 is 9.62 Å². The highest BCUT2D eigenvalue weighted by atomic mass is 79.9. The highest BCUT2D eigenvalue weighted by molar-refractivity contribution is 9.10. The van der Waals surface area contributed by atoms with Gasteiger partial charge < -0.3 is 10.2 Å². The fourth-order valence-corrected chi connectivity index (χ4v) is 4.13. The third-order valence-corrected chi connectivity index (χ3v) is 6.36. The lowest BCUT2D eigenvalue weighted by molar-refractivity contribution is -0.139. The van der Waals surface area contributed by atoms with Gasteiger partial charge in [0.05, 0.1) is 11.9 Å². The van der Waals surface area contributed by atoms with E-state index in [1.54, 1.807) is 44.2 Å². The summed E-state index contributed by atoms with van der Waals surface area (Å²) < 4.78 is 40.9. The summed E-state index contributed by atoms with van der Waals surface area (Å²) in [5.74, 6) is -1.57. The minimum atomic E-state index is -3.81. The predicted molar refractivity (Wildman–Crippen MR) is 126 cm³/mol. The van der Waals surface area contributed by atoms with Crippen LogP contribution in [0.2, 0.25) is 0 Å². The maximum absolute atomic E-state index is 14.3. The number of carbonyl (C=O) groups excluding carboxylic acids is 2. The molecule has 0 aliphatic heterocycles. The van der Waals surface area contributed by atoms with Crippen LogP contribution in [0.5, 0.6) is 0 Å². The third-order valence-electron chi connectivity index (χ3n) is 4.69. The Hall–Kier alpha value is -2.46. The third kappa shape index (κ3) is 7.03. The summed E-state index contributed by atoms with van der Waals surface area (Å²) >= 11 is 3.29. The molecule has 0 saturated heterocycles. The van der Waals surface area contributed by atoms with E-state index in [4.69, 9.17) is 0 Å². The van der Waals surface area contributed by atoms with Crippen LogP contribution in [0, 0.1) is 5.82 Å². The molecule has 0 radical (unpaired) electrons. The van der Waals surface area contributed by atoms with E-state index in [2.05, 4.69) is 21.2 Å². The lowest BCUT2D eigenvalue weighted by Crippen LogP contribution is -2.52. The second-order valence-electron chi connectivity index (χ2n) is 7.70. The van der Waals surface area contributed by atoms with Crippen molar-refractivity contribution >= 4 is 43.5 Å². The van der Waals surface area contributed by atoms with Crippen LogP contribution in [0.15, 0.2) is 53.0 Å². The van der Waals surface area contributed by atoms with Gasteiger partial charge in [-0.3, -0.25) is 13.9 Å². The maximum Gasteiger partial charge on any atom is 0.244 e. The molecule has 2 amide bonds. The van der Waals surface area contributed by atoms with Gasteiger partial charge in [-0.1, -0.05) is 34.1 Å². The Morgan fingerprint density at radius 3 is 2.19 bits per heavy atom. The first-order valence-corrected chi connectivity index (χ1v) is 12.6. The first-order valence-electron chi connectivity index (χ1n) is 9.96. The summed E-state index contributed by atoms with van der Waals surface area (Å²) in [5, 5.41) is 2.74. The summed E-state index contributed by atoms with van der Waals surface area (Å²) in [6, 6.07) is 11.3. The van der Waals surface area contributed by atoms with Crippen molar-refractivity contribution in [1.82, 2.24) is 10.2 Å². The van der Waals surface area contributed by atoms with Crippen molar-refractivity contribution in [2.24, 2.45) is 0 Å². The Morgan fingerprint density at radius 2 is 1.66 bits per heavy atom. The molecular formula is C22H27BrFN3O4S. The van der Waals surface area contributed by atoms with Gasteiger partial charge >= 0.3 is 0 Å². The lowest BCUT2D eigenvalue weighted by Gasteiger charge is -2.32.